The van der Waals surface area contributed by atoms with Crippen molar-refractivity contribution >= 4 is 11.8 Å². The van der Waals surface area contributed by atoms with Crippen molar-refractivity contribution in [1.82, 2.24) is 0 Å². The summed E-state index contributed by atoms with van der Waals surface area (Å²) in [4.78, 5) is 20.3. The molecule has 0 aromatic rings. The van der Waals surface area contributed by atoms with Crippen LogP contribution in [0.25, 0.3) is 0 Å². The van der Waals surface area contributed by atoms with Crippen LogP contribution in [0.5, 0.6) is 0 Å². The zero-order valence-electron chi connectivity index (χ0n) is 4.26. The predicted octanol–water partition coefficient (Wildman–Crippen LogP) is 0.0501. The molecule has 1 N–H and O–H groups in total. The third kappa shape index (κ3) is 0.598. The summed E-state index contributed by atoms with van der Waals surface area (Å²) in [6.45, 7) is 0. The van der Waals surface area contributed by atoms with E-state index in [4.69, 9.17) is 5.11 Å². The zero-order valence-corrected chi connectivity index (χ0v) is 4.26. The Hall–Kier alpha value is -0.860. The van der Waals surface area contributed by atoms with E-state index in [1.54, 1.807) is 0 Å². The SMILES string of the molecule is O=C(O)[C@H]1CCC1=O. The molecular weight excluding hydrogens is 108 g/mol. The molecule has 0 spiro atoms. The van der Waals surface area contributed by atoms with Crippen LogP contribution in [0.15, 0.2) is 0 Å². The maximum atomic E-state index is 10.3. The van der Waals surface area contributed by atoms with Crippen LogP contribution in [0.4, 0.5) is 0 Å². The van der Waals surface area contributed by atoms with Crippen LogP contribution < -0.4 is 0 Å². The summed E-state index contributed by atoms with van der Waals surface area (Å²) < 4.78 is 0. The van der Waals surface area contributed by atoms with Gasteiger partial charge in [0.15, 0.2) is 0 Å². The first-order valence-corrected chi connectivity index (χ1v) is 2.47. The Bertz CT molecular complexity index is 131. The molecule has 0 amide bonds. The molecule has 0 radical (unpaired) electrons. The lowest BCUT2D eigenvalue weighted by Crippen LogP contribution is -2.32. The van der Waals surface area contributed by atoms with Gasteiger partial charge in [0.1, 0.15) is 11.7 Å². The highest BCUT2D eigenvalue weighted by atomic mass is 16.4. The van der Waals surface area contributed by atoms with Crippen molar-refractivity contribution in [1.29, 1.82) is 0 Å². The second kappa shape index (κ2) is 1.58. The monoisotopic (exact) mass is 114 g/mol. The number of ketones is 1. The third-order valence-corrected chi connectivity index (χ3v) is 1.37. The molecule has 8 heavy (non-hydrogen) atoms. The second-order valence-electron chi connectivity index (χ2n) is 1.90. The fourth-order valence-corrected chi connectivity index (χ4v) is 0.668. The van der Waals surface area contributed by atoms with Crippen LogP contribution in [0.3, 0.4) is 0 Å². The number of aliphatic carboxylic acids is 1. The van der Waals surface area contributed by atoms with E-state index in [9.17, 15) is 9.59 Å². The summed E-state index contributed by atoms with van der Waals surface area (Å²) in [5.41, 5.74) is 0. The molecular formula is C5H6O3. The Morgan fingerprint density at radius 2 is 2.38 bits per heavy atom. The smallest absolute Gasteiger partial charge is 0.314 e. The molecule has 3 nitrogen and oxygen atoms in total. The van der Waals surface area contributed by atoms with E-state index in [0.29, 0.717) is 12.8 Å². The molecule has 1 aliphatic carbocycles. The summed E-state index contributed by atoms with van der Waals surface area (Å²) in [6.07, 6.45) is 0.991. The van der Waals surface area contributed by atoms with Crippen LogP contribution >= 0.6 is 0 Å². The molecule has 1 aliphatic rings. The highest BCUT2D eigenvalue weighted by Gasteiger charge is 2.34. The van der Waals surface area contributed by atoms with Crippen molar-refractivity contribution in [2.45, 2.75) is 12.8 Å². The Labute approximate surface area is 46.3 Å². The molecule has 0 aromatic carbocycles. The minimum Gasteiger partial charge on any atom is -0.481 e. The number of Topliss-reactive ketones (excluding diaryl/α,β-unsaturated/α-hetero) is 1. The predicted molar refractivity (Wildman–Crippen MR) is 25.4 cm³/mol. The fourth-order valence-electron chi connectivity index (χ4n) is 0.668. The summed E-state index contributed by atoms with van der Waals surface area (Å²) in [5, 5.41) is 8.18. The molecule has 1 atom stereocenters. The first-order chi connectivity index (χ1) is 3.72. The molecule has 0 bridgehead atoms. The van der Waals surface area contributed by atoms with Gasteiger partial charge in [0.25, 0.3) is 0 Å². The molecule has 1 saturated carbocycles. The Morgan fingerprint density at radius 3 is 2.38 bits per heavy atom. The number of carboxylic acid groups (broad SMARTS) is 1. The van der Waals surface area contributed by atoms with Crippen molar-refractivity contribution in [2.24, 2.45) is 5.92 Å². The highest BCUT2D eigenvalue weighted by Crippen LogP contribution is 2.21. The van der Waals surface area contributed by atoms with Gasteiger partial charge in [-0.1, -0.05) is 0 Å². The van der Waals surface area contributed by atoms with Gasteiger partial charge >= 0.3 is 5.97 Å². The number of hydrogen-bond acceptors (Lipinski definition) is 2. The molecule has 0 saturated heterocycles. The van der Waals surface area contributed by atoms with Crippen molar-refractivity contribution in [3.8, 4) is 0 Å². The molecule has 0 aliphatic heterocycles. The normalized spacial score (nSPS) is 27.0. The minimum atomic E-state index is -0.971. The van der Waals surface area contributed by atoms with Crippen molar-refractivity contribution in [3.05, 3.63) is 0 Å². The van der Waals surface area contributed by atoms with E-state index in [1.807, 2.05) is 0 Å². The Morgan fingerprint density at radius 1 is 1.75 bits per heavy atom. The van der Waals surface area contributed by atoms with Crippen molar-refractivity contribution in [2.75, 3.05) is 0 Å². The molecule has 1 rings (SSSR count). The van der Waals surface area contributed by atoms with E-state index < -0.39 is 11.9 Å². The Kier molecular flexibility index (Phi) is 1.04. The molecule has 3 heteroatoms. The average molecular weight is 114 g/mol. The molecule has 0 aromatic heterocycles. The second-order valence-corrected chi connectivity index (χ2v) is 1.90. The van der Waals surface area contributed by atoms with Crippen LogP contribution in [-0.4, -0.2) is 16.9 Å². The van der Waals surface area contributed by atoms with Gasteiger partial charge in [-0.2, -0.15) is 0 Å². The van der Waals surface area contributed by atoms with Crippen molar-refractivity contribution < 1.29 is 14.7 Å². The van der Waals surface area contributed by atoms with Gasteiger partial charge in [0.2, 0.25) is 0 Å². The molecule has 0 heterocycles. The standard InChI is InChI=1S/C5H6O3/c6-4-2-1-3(4)5(7)8/h3H,1-2H2,(H,7,8)/t3-/m0/s1. The van der Waals surface area contributed by atoms with Gasteiger partial charge in [-0.25, -0.2) is 0 Å². The van der Waals surface area contributed by atoms with E-state index in [1.165, 1.54) is 0 Å². The van der Waals surface area contributed by atoms with Crippen LogP contribution in [0, 0.1) is 5.92 Å². The summed E-state index contributed by atoms with van der Waals surface area (Å²) in [7, 11) is 0. The number of carboxylic acids is 1. The molecule has 1 fully saturated rings. The maximum absolute atomic E-state index is 10.3. The third-order valence-electron chi connectivity index (χ3n) is 1.37. The maximum Gasteiger partial charge on any atom is 0.314 e. The highest BCUT2D eigenvalue weighted by molar-refractivity contribution is 6.02. The summed E-state index contributed by atoms with van der Waals surface area (Å²) >= 11 is 0. The fraction of sp³-hybridized carbons (Fsp3) is 0.600. The van der Waals surface area contributed by atoms with Crippen LogP contribution in [0.2, 0.25) is 0 Å². The average Bonchev–Trinajstić information content (AvgIpc) is 1.61. The zero-order chi connectivity index (χ0) is 6.15. The largest absolute Gasteiger partial charge is 0.481 e. The van der Waals surface area contributed by atoms with Gasteiger partial charge in [-0.15, -0.1) is 0 Å². The first kappa shape index (κ1) is 5.28. The van der Waals surface area contributed by atoms with E-state index >= 15 is 0 Å². The van der Waals surface area contributed by atoms with E-state index in [-0.39, 0.29) is 5.78 Å². The molecule has 44 valence electrons. The Balaban J connectivity index is 2.49. The van der Waals surface area contributed by atoms with Gasteiger partial charge in [0.05, 0.1) is 0 Å². The number of rotatable bonds is 1. The summed E-state index contributed by atoms with van der Waals surface area (Å²) in [6, 6.07) is 0. The van der Waals surface area contributed by atoms with Gasteiger partial charge in [-0.05, 0) is 6.42 Å². The van der Waals surface area contributed by atoms with Crippen LogP contribution in [-0.2, 0) is 9.59 Å². The van der Waals surface area contributed by atoms with Crippen molar-refractivity contribution in [3.63, 3.8) is 0 Å². The number of carbonyl (C=O) groups is 2. The lowest BCUT2D eigenvalue weighted by Gasteiger charge is -2.18. The molecule has 0 unspecified atom stereocenters. The topological polar surface area (TPSA) is 54.4 Å². The quantitative estimate of drug-likeness (QED) is 0.490. The minimum absolute atomic E-state index is 0.127. The summed E-state index contributed by atoms with van der Waals surface area (Å²) in [5.74, 6) is -1.77. The van der Waals surface area contributed by atoms with E-state index in [0.717, 1.165) is 0 Å². The number of carbonyl (C=O) groups excluding carboxylic acids is 1. The lowest BCUT2D eigenvalue weighted by atomic mass is 9.84. The van der Waals surface area contributed by atoms with Gasteiger partial charge in [0, 0.05) is 6.42 Å². The van der Waals surface area contributed by atoms with Crippen LogP contribution in [0.1, 0.15) is 12.8 Å². The van der Waals surface area contributed by atoms with Gasteiger partial charge in [-0.3, -0.25) is 9.59 Å². The first-order valence-electron chi connectivity index (χ1n) is 2.47. The van der Waals surface area contributed by atoms with E-state index in [2.05, 4.69) is 0 Å². The number of hydrogen-bond donors (Lipinski definition) is 1. The lowest BCUT2D eigenvalue weighted by molar-refractivity contribution is -0.150. The van der Waals surface area contributed by atoms with Gasteiger partial charge < -0.3 is 5.11 Å².